The number of hydrogen-bond acceptors (Lipinski definition) is 4. The van der Waals surface area contributed by atoms with Crippen molar-refractivity contribution in [1.29, 1.82) is 0 Å². The van der Waals surface area contributed by atoms with E-state index < -0.39 is 0 Å². The van der Waals surface area contributed by atoms with Crippen LogP contribution in [-0.4, -0.2) is 36.9 Å². The predicted octanol–water partition coefficient (Wildman–Crippen LogP) is 1.74. The standard InChI is InChI=1S/C15H20N2O2/c1-4-15(5-1)18-13-3-2-12(10-14(13)19-15)11-17-8-6-16-7-9-17/h2-3,10,16H,1,4-9,11H2. The van der Waals surface area contributed by atoms with Crippen LogP contribution in [0, 0.1) is 0 Å². The Kier molecular flexibility index (Phi) is 2.67. The summed E-state index contributed by atoms with van der Waals surface area (Å²) in [6, 6.07) is 6.40. The van der Waals surface area contributed by atoms with Crippen LogP contribution in [0.2, 0.25) is 0 Å². The van der Waals surface area contributed by atoms with Gasteiger partial charge in [-0.3, -0.25) is 4.90 Å². The van der Waals surface area contributed by atoms with Crippen molar-refractivity contribution in [2.45, 2.75) is 31.6 Å². The normalized spacial score (nSPS) is 24.4. The summed E-state index contributed by atoms with van der Waals surface area (Å²) in [7, 11) is 0. The zero-order valence-electron chi connectivity index (χ0n) is 11.2. The van der Waals surface area contributed by atoms with Crippen LogP contribution in [0.25, 0.3) is 0 Å². The number of rotatable bonds is 2. The van der Waals surface area contributed by atoms with E-state index in [1.807, 2.05) is 0 Å². The molecule has 0 radical (unpaired) electrons. The molecule has 1 aromatic rings. The maximum Gasteiger partial charge on any atom is 0.251 e. The third kappa shape index (κ3) is 2.09. The molecule has 1 saturated carbocycles. The molecule has 0 unspecified atom stereocenters. The molecule has 2 aliphatic heterocycles. The van der Waals surface area contributed by atoms with Crippen molar-refractivity contribution < 1.29 is 9.47 Å². The largest absolute Gasteiger partial charge is 0.448 e. The van der Waals surface area contributed by atoms with E-state index >= 15 is 0 Å². The van der Waals surface area contributed by atoms with E-state index in [0.29, 0.717) is 0 Å². The molecule has 3 aliphatic rings. The summed E-state index contributed by atoms with van der Waals surface area (Å²) in [5.41, 5.74) is 1.32. The molecule has 0 amide bonds. The van der Waals surface area contributed by atoms with Crippen LogP contribution < -0.4 is 14.8 Å². The summed E-state index contributed by atoms with van der Waals surface area (Å²) in [6.45, 7) is 5.43. The van der Waals surface area contributed by atoms with Gasteiger partial charge in [0, 0.05) is 45.6 Å². The van der Waals surface area contributed by atoms with Crippen LogP contribution in [0.1, 0.15) is 24.8 Å². The number of nitrogens with zero attached hydrogens (tertiary/aromatic N) is 1. The summed E-state index contributed by atoms with van der Waals surface area (Å²) in [5.74, 6) is 1.55. The fraction of sp³-hybridized carbons (Fsp3) is 0.600. The van der Waals surface area contributed by atoms with E-state index in [9.17, 15) is 0 Å². The minimum atomic E-state index is -0.310. The second-order valence-electron chi connectivity index (χ2n) is 5.78. The molecule has 1 spiro atoms. The van der Waals surface area contributed by atoms with Gasteiger partial charge in [0.2, 0.25) is 0 Å². The minimum absolute atomic E-state index is 0.310. The maximum atomic E-state index is 6.01. The van der Waals surface area contributed by atoms with E-state index in [0.717, 1.165) is 57.1 Å². The summed E-state index contributed by atoms with van der Waals surface area (Å²) < 4.78 is 11.9. The summed E-state index contributed by atoms with van der Waals surface area (Å²) in [6.07, 6.45) is 3.26. The highest BCUT2D eigenvalue weighted by atomic mass is 16.7. The van der Waals surface area contributed by atoms with Gasteiger partial charge in [-0.15, -0.1) is 0 Å². The van der Waals surface area contributed by atoms with Crippen molar-refractivity contribution in [3.63, 3.8) is 0 Å². The van der Waals surface area contributed by atoms with Gasteiger partial charge in [-0.05, 0) is 24.1 Å². The van der Waals surface area contributed by atoms with Crippen molar-refractivity contribution >= 4 is 0 Å². The van der Waals surface area contributed by atoms with Gasteiger partial charge in [0.25, 0.3) is 5.79 Å². The lowest BCUT2D eigenvalue weighted by atomic mass is 9.91. The third-order valence-electron chi connectivity index (χ3n) is 4.33. The second kappa shape index (κ2) is 4.39. The first-order valence-electron chi connectivity index (χ1n) is 7.27. The first kappa shape index (κ1) is 11.6. The molecule has 0 bridgehead atoms. The van der Waals surface area contributed by atoms with Gasteiger partial charge in [0.15, 0.2) is 11.5 Å². The molecular weight excluding hydrogens is 240 g/mol. The predicted molar refractivity (Wildman–Crippen MR) is 72.4 cm³/mol. The van der Waals surface area contributed by atoms with Crippen LogP contribution in [0.3, 0.4) is 0 Å². The average Bonchev–Trinajstić information content (AvgIpc) is 2.79. The SMILES string of the molecule is c1cc2c(cc1CN1CCNCC1)OC1(CCC1)O2. The minimum Gasteiger partial charge on any atom is -0.448 e. The Labute approximate surface area is 113 Å². The van der Waals surface area contributed by atoms with Gasteiger partial charge >= 0.3 is 0 Å². The van der Waals surface area contributed by atoms with Crippen molar-refractivity contribution in [3.8, 4) is 11.5 Å². The van der Waals surface area contributed by atoms with Crippen molar-refractivity contribution in [2.24, 2.45) is 0 Å². The summed E-state index contributed by atoms with van der Waals surface area (Å²) >= 11 is 0. The van der Waals surface area contributed by atoms with Gasteiger partial charge in [0.1, 0.15) is 0 Å². The fourth-order valence-corrected chi connectivity index (χ4v) is 3.03. The molecule has 2 heterocycles. The van der Waals surface area contributed by atoms with E-state index in [4.69, 9.17) is 9.47 Å². The Bertz CT molecular complexity index is 479. The van der Waals surface area contributed by atoms with Gasteiger partial charge < -0.3 is 14.8 Å². The van der Waals surface area contributed by atoms with Gasteiger partial charge in [-0.1, -0.05) is 6.07 Å². The van der Waals surface area contributed by atoms with E-state index in [1.165, 1.54) is 12.0 Å². The molecule has 0 atom stereocenters. The van der Waals surface area contributed by atoms with Crippen LogP contribution >= 0.6 is 0 Å². The molecule has 1 N–H and O–H groups in total. The molecule has 19 heavy (non-hydrogen) atoms. The Hall–Kier alpha value is -1.26. The van der Waals surface area contributed by atoms with Crippen molar-refractivity contribution in [1.82, 2.24) is 10.2 Å². The third-order valence-corrected chi connectivity index (χ3v) is 4.33. The van der Waals surface area contributed by atoms with Gasteiger partial charge in [-0.2, -0.15) is 0 Å². The molecule has 1 aromatic carbocycles. The Morgan fingerprint density at radius 3 is 2.63 bits per heavy atom. The van der Waals surface area contributed by atoms with Crippen LogP contribution in [0.15, 0.2) is 18.2 Å². The number of piperazine rings is 1. The highest BCUT2D eigenvalue weighted by molar-refractivity contribution is 5.46. The first-order valence-corrected chi connectivity index (χ1v) is 7.27. The van der Waals surface area contributed by atoms with E-state index in [-0.39, 0.29) is 5.79 Å². The Morgan fingerprint density at radius 1 is 1.11 bits per heavy atom. The van der Waals surface area contributed by atoms with Gasteiger partial charge in [0.05, 0.1) is 0 Å². The fourth-order valence-electron chi connectivity index (χ4n) is 3.03. The lowest BCUT2D eigenvalue weighted by Crippen LogP contribution is -2.45. The molecule has 4 heteroatoms. The van der Waals surface area contributed by atoms with Crippen molar-refractivity contribution in [2.75, 3.05) is 26.2 Å². The first-order chi connectivity index (χ1) is 9.33. The molecule has 4 rings (SSSR count). The van der Waals surface area contributed by atoms with Crippen LogP contribution in [0.5, 0.6) is 11.5 Å². The summed E-state index contributed by atoms with van der Waals surface area (Å²) in [5, 5.41) is 3.38. The molecule has 2 fully saturated rings. The zero-order chi connectivity index (χ0) is 12.7. The number of fused-ring (bicyclic) bond motifs is 1. The second-order valence-corrected chi connectivity index (χ2v) is 5.78. The van der Waals surface area contributed by atoms with E-state index in [1.54, 1.807) is 0 Å². The van der Waals surface area contributed by atoms with E-state index in [2.05, 4.69) is 28.4 Å². The quantitative estimate of drug-likeness (QED) is 0.878. The smallest absolute Gasteiger partial charge is 0.251 e. The van der Waals surface area contributed by atoms with Crippen molar-refractivity contribution in [3.05, 3.63) is 23.8 Å². The molecule has 4 nitrogen and oxygen atoms in total. The molecule has 0 aromatic heterocycles. The lowest BCUT2D eigenvalue weighted by molar-refractivity contribution is -0.138. The Morgan fingerprint density at radius 2 is 1.89 bits per heavy atom. The highest BCUT2D eigenvalue weighted by Crippen LogP contribution is 2.48. The van der Waals surface area contributed by atoms with Crippen LogP contribution in [-0.2, 0) is 6.54 Å². The topological polar surface area (TPSA) is 33.7 Å². The number of ether oxygens (including phenoxy) is 2. The molecule has 1 aliphatic carbocycles. The molecule has 1 saturated heterocycles. The number of nitrogens with one attached hydrogen (secondary N) is 1. The molecular formula is C15H20N2O2. The zero-order valence-corrected chi connectivity index (χ0v) is 11.2. The average molecular weight is 260 g/mol. The van der Waals surface area contributed by atoms with Gasteiger partial charge in [-0.25, -0.2) is 0 Å². The lowest BCUT2D eigenvalue weighted by Gasteiger charge is -2.35. The van der Waals surface area contributed by atoms with Crippen LogP contribution in [0.4, 0.5) is 0 Å². The summed E-state index contributed by atoms with van der Waals surface area (Å²) in [4.78, 5) is 2.48. The molecule has 102 valence electrons. The highest BCUT2D eigenvalue weighted by Gasteiger charge is 2.47. The maximum absolute atomic E-state index is 6.01. The monoisotopic (exact) mass is 260 g/mol. The number of hydrogen-bond donors (Lipinski definition) is 1. The Balaban J connectivity index is 1.48. The number of benzene rings is 1.